The Balaban J connectivity index is 2.08. The molecule has 0 unspecified atom stereocenters. The molecule has 2 N–H and O–H groups in total. The predicted octanol–water partition coefficient (Wildman–Crippen LogP) is 3.79. The fourth-order valence-electron chi connectivity index (χ4n) is 3.45. The number of aromatic nitrogens is 1. The van der Waals surface area contributed by atoms with Crippen LogP contribution in [0.5, 0.6) is 0 Å². The van der Waals surface area contributed by atoms with Crippen LogP contribution in [0, 0.1) is 19.3 Å². The molecule has 134 valence electrons. The lowest BCUT2D eigenvalue weighted by Crippen LogP contribution is -2.39. The monoisotopic (exact) mass is 339 g/mol. The lowest BCUT2D eigenvalue weighted by Gasteiger charge is -2.29. The highest BCUT2D eigenvalue weighted by Crippen LogP contribution is 2.40. The number of aryl methyl sites for hydroxylation is 2. The van der Waals surface area contributed by atoms with Crippen molar-refractivity contribution in [1.29, 1.82) is 0 Å². The van der Waals surface area contributed by atoms with Crippen molar-refractivity contribution in [2.45, 2.75) is 46.5 Å². The van der Waals surface area contributed by atoms with Crippen LogP contribution in [0.2, 0.25) is 0 Å². The first-order valence-electron chi connectivity index (χ1n) is 9.09. The molecule has 0 bridgehead atoms. The third-order valence-electron chi connectivity index (χ3n) is 5.06. The molecule has 2 aromatic rings. The lowest BCUT2D eigenvalue weighted by atomic mass is 9.92. The molecule has 1 saturated carbocycles. The predicted molar refractivity (Wildman–Crippen MR) is 103 cm³/mol. The molecule has 3 rings (SSSR count). The average Bonchev–Trinajstić information content (AvgIpc) is 3.38. The molecule has 1 aliphatic carbocycles. The van der Waals surface area contributed by atoms with Gasteiger partial charge < -0.3 is 10.6 Å². The smallest absolute Gasteiger partial charge is 0.254 e. The second-order valence-corrected chi connectivity index (χ2v) is 8.38. The van der Waals surface area contributed by atoms with Crippen LogP contribution in [0.1, 0.15) is 59.8 Å². The third kappa shape index (κ3) is 3.69. The summed E-state index contributed by atoms with van der Waals surface area (Å²) in [6, 6.07) is 6.25. The number of rotatable bonds is 5. The molecule has 1 aliphatic rings. The molecule has 0 saturated heterocycles. The Bertz CT molecular complexity index is 821. The summed E-state index contributed by atoms with van der Waals surface area (Å²) < 4.78 is 0. The molecule has 1 fully saturated rings. The van der Waals surface area contributed by atoms with Crippen molar-refractivity contribution in [3.8, 4) is 0 Å². The van der Waals surface area contributed by atoms with E-state index >= 15 is 0 Å². The Morgan fingerprint density at radius 2 is 1.96 bits per heavy atom. The van der Waals surface area contributed by atoms with Crippen molar-refractivity contribution in [3.63, 3.8) is 0 Å². The molecule has 1 aromatic carbocycles. The quantitative estimate of drug-likeness (QED) is 0.901. The summed E-state index contributed by atoms with van der Waals surface area (Å²) in [6.45, 7) is 9.50. The van der Waals surface area contributed by atoms with Crippen LogP contribution < -0.4 is 5.73 Å². The highest BCUT2D eigenvalue weighted by molar-refractivity contribution is 6.07. The number of benzene rings is 1. The summed E-state index contributed by atoms with van der Waals surface area (Å²) in [6.07, 6.45) is 2.35. The Kier molecular flexibility index (Phi) is 4.58. The summed E-state index contributed by atoms with van der Waals surface area (Å²) in [5, 5.41) is 0.962. The van der Waals surface area contributed by atoms with Crippen LogP contribution in [0.3, 0.4) is 0 Å². The molecule has 0 radical (unpaired) electrons. The van der Waals surface area contributed by atoms with E-state index in [-0.39, 0.29) is 11.3 Å². The van der Waals surface area contributed by atoms with Crippen LogP contribution in [0.4, 0.5) is 0 Å². The average molecular weight is 339 g/mol. The van der Waals surface area contributed by atoms with Gasteiger partial charge in [0.1, 0.15) is 0 Å². The molecular weight excluding hydrogens is 310 g/mol. The van der Waals surface area contributed by atoms with E-state index in [2.05, 4.69) is 39.8 Å². The minimum atomic E-state index is -0.0988. The largest absolute Gasteiger partial charge is 0.341 e. The van der Waals surface area contributed by atoms with Crippen LogP contribution in [0.15, 0.2) is 18.2 Å². The summed E-state index contributed by atoms with van der Waals surface area (Å²) in [5.74, 6) is 0.572. The first-order chi connectivity index (χ1) is 11.7. The normalized spacial score (nSPS) is 14.8. The number of amides is 1. The van der Waals surface area contributed by atoms with E-state index in [1.165, 1.54) is 12.8 Å². The Hall–Kier alpha value is -1.94. The van der Waals surface area contributed by atoms with Crippen LogP contribution in [-0.2, 0) is 0 Å². The lowest BCUT2D eigenvalue weighted by molar-refractivity contribution is 0.0742. The fraction of sp³-hybridized carbons (Fsp3) is 0.524. The van der Waals surface area contributed by atoms with Crippen molar-refractivity contribution in [3.05, 3.63) is 40.6 Å². The maximum Gasteiger partial charge on any atom is 0.254 e. The molecular formula is C21H29N3O. The number of pyridine rings is 1. The van der Waals surface area contributed by atoms with Crippen molar-refractivity contribution in [2.24, 2.45) is 11.1 Å². The minimum Gasteiger partial charge on any atom is -0.341 e. The van der Waals surface area contributed by atoms with E-state index in [0.717, 1.165) is 33.3 Å². The topological polar surface area (TPSA) is 59.2 Å². The minimum absolute atomic E-state index is 0.0563. The summed E-state index contributed by atoms with van der Waals surface area (Å²) in [5.41, 5.74) is 10.8. The van der Waals surface area contributed by atoms with Gasteiger partial charge in [-0.05, 0) is 56.3 Å². The zero-order valence-corrected chi connectivity index (χ0v) is 16.0. The SMILES string of the molecule is Cc1cc(C)c2nc(C3CC3)cc(C(=O)N(C)CC(C)(C)CN)c2c1. The Morgan fingerprint density at radius 1 is 1.28 bits per heavy atom. The van der Waals surface area contributed by atoms with Gasteiger partial charge in [0.15, 0.2) is 0 Å². The van der Waals surface area contributed by atoms with Gasteiger partial charge >= 0.3 is 0 Å². The van der Waals surface area contributed by atoms with Crippen LogP contribution in [0.25, 0.3) is 10.9 Å². The van der Waals surface area contributed by atoms with Gasteiger partial charge in [0.2, 0.25) is 0 Å². The summed E-state index contributed by atoms with van der Waals surface area (Å²) in [4.78, 5) is 19.9. The van der Waals surface area contributed by atoms with Gasteiger partial charge in [-0.1, -0.05) is 25.5 Å². The second kappa shape index (κ2) is 6.41. The van der Waals surface area contributed by atoms with Crippen LogP contribution >= 0.6 is 0 Å². The van der Waals surface area contributed by atoms with E-state index < -0.39 is 0 Å². The Morgan fingerprint density at radius 3 is 2.56 bits per heavy atom. The number of nitrogens with two attached hydrogens (primary N) is 1. The summed E-state index contributed by atoms with van der Waals surface area (Å²) in [7, 11) is 1.87. The first kappa shape index (κ1) is 17.9. The van der Waals surface area contributed by atoms with Gasteiger partial charge in [0.25, 0.3) is 5.91 Å². The molecule has 0 aliphatic heterocycles. The number of hydrogen-bond donors (Lipinski definition) is 1. The maximum atomic E-state index is 13.2. The molecule has 25 heavy (non-hydrogen) atoms. The number of nitrogens with zero attached hydrogens (tertiary/aromatic N) is 2. The van der Waals surface area contributed by atoms with E-state index in [9.17, 15) is 4.79 Å². The number of carbonyl (C=O) groups is 1. The maximum absolute atomic E-state index is 13.2. The van der Waals surface area contributed by atoms with Crippen LogP contribution in [-0.4, -0.2) is 35.9 Å². The zero-order valence-electron chi connectivity index (χ0n) is 16.0. The van der Waals surface area contributed by atoms with Gasteiger partial charge in [0, 0.05) is 30.6 Å². The van der Waals surface area contributed by atoms with Gasteiger partial charge in [-0.15, -0.1) is 0 Å². The van der Waals surface area contributed by atoms with Crippen molar-refractivity contribution >= 4 is 16.8 Å². The molecule has 4 heteroatoms. The van der Waals surface area contributed by atoms with E-state index in [1.807, 2.05) is 13.1 Å². The molecule has 4 nitrogen and oxygen atoms in total. The molecule has 1 heterocycles. The van der Waals surface area contributed by atoms with Gasteiger partial charge in [0.05, 0.1) is 11.1 Å². The van der Waals surface area contributed by atoms with Gasteiger partial charge in [-0.2, -0.15) is 0 Å². The standard InChI is InChI=1S/C21H29N3O/c1-13-8-14(2)19-16(9-13)17(10-18(23-19)15-6-7-15)20(25)24(5)12-21(3,4)11-22/h8-10,15H,6-7,11-12,22H2,1-5H3. The van der Waals surface area contributed by atoms with E-state index in [0.29, 0.717) is 19.0 Å². The van der Waals surface area contributed by atoms with Gasteiger partial charge in [-0.25, -0.2) is 0 Å². The zero-order chi connectivity index (χ0) is 18.4. The highest BCUT2D eigenvalue weighted by atomic mass is 16.2. The third-order valence-corrected chi connectivity index (χ3v) is 5.06. The first-order valence-corrected chi connectivity index (χ1v) is 9.09. The Labute approximate surface area is 150 Å². The van der Waals surface area contributed by atoms with Gasteiger partial charge in [-0.3, -0.25) is 9.78 Å². The molecule has 1 amide bonds. The van der Waals surface area contributed by atoms with Crippen molar-refractivity contribution in [1.82, 2.24) is 9.88 Å². The number of fused-ring (bicyclic) bond motifs is 1. The molecule has 0 atom stereocenters. The second-order valence-electron chi connectivity index (χ2n) is 8.38. The molecule has 0 spiro atoms. The molecule has 1 aromatic heterocycles. The van der Waals surface area contributed by atoms with E-state index in [1.54, 1.807) is 4.90 Å². The van der Waals surface area contributed by atoms with E-state index in [4.69, 9.17) is 10.7 Å². The number of hydrogen-bond acceptors (Lipinski definition) is 3. The number of carbonyl (C=O) groups excluding carboxylic acids is 1. The highest BCUT2D eigenvalue weighted by Gasteiger charge is 2.29. The van der Waals surface area contributed by atoms with Crippen molar-refractivity contribution < 1.29 is 4.79 Å². The fourth-order valence-corrected chi connectivity index (χ4v) is 3.45. The van der Waals surface area contributed by atoms with Crippen molar-refractivity contribution in [2.75, 3.05) is 20.1 Å². The summed E-state index contributed by atoms with van der Waals surface area (Å²) >= 11 is 0.